The Morgan fingerprint density at radius 1 is 1.24 bits per heavy atom. The van der Waals surface area contributed by atoms with Gasteiger partial charge in [0.15, 0.2) is 0 Å². The molecular weight excluding hydrogens is 418 g/mol. The van der Waals surface area contributed by atoms with Crippen LogP contribution in [-0.4, -0.2) is 46.3 Å². The number of hydrogen-bond acceptors (Lipinski definition) is 6. The molecule has 1 aromatic carbocycles. The second-order valence-corrected chi connectivity index (χ2v) is 9.31. The van der Waals surface area contributed by atoms with Crippen molar-refractivity contribution in [1.29, 1.82) is 5.26 Å². The lowest BCUT2D eigenvalue weighted by molar-refractivity contribution is 0.0165. The Morgan fingerprint density at radius 2 is 2.03 bits per heavy atom. The summed E-state index contributed by atoms with van der Waals surface area (Å²) in [5, 5.41) is 13.8. The minimum atomic E-state index is -0.490. The van der Waals surface area contributed by atoms with Gasteiger partial charge in [0, 0.05) is 42.6 Å². The van der Waals surface area contributed by atoms with Gasteiger partial charge in [-0.1, -0.05) is 6.07 Å². The zero-order valence-electron chi connectivity index (χ0n) is 19.2. The minimum Gasteiger partial charge on any atom is -0.493 e. The highest BCUT2D eigenvalue weighted by molar-refractivity contribution is 5.83. The molecule has 2 N–H and O–H groups in total. The van der Waals surface area contributed by atoms with Crippen LogP contribution >= 0.6 is 0 Å². The Kier molecular flexibility index (Phi) is 6.40. The summed E-state index contributed by atoms with van der Waals surface area (Å²) in [5.74, 6) is 1.48. The van der Waals surface area contributed by atoms with Crippen molar-refractivity contribution in [2.24, 2.45) is 5.92 Å². The molecule has 1 aliphatic rings. The molecule has 172 valence electrons. The van der Waals surface area contributed by atoms with Crippen LogP contribution in [0.3, 0.4) is 0 Å². The molecule has 1 fully saturated rings. The number of nitriles is 1. The first-order chi connectivity index (χ1) is 15.8. The maximum Gasteiger partial charge on any atom is 0.410 e. The summed E-state index contributed by atoms with van der Waals surface area (Å²) in [7, 11) is 0. The fraction of sp³-hybridized carbons (Fsp3) is 0.400. The summed E-state index contributed by atoms with van der Waals surface area (Å²) in [6.45, 7) is 7.43. The molecule has 0 spiro atoms. The summed E-state index contributed by atoms with van der Waals surface area (Å²) in [6.07, 6.45) is 3.32. The van der Waals surface area contributed by atoms with Crippen molar-refractivity contribution >= 4 is 28.5 Å². The van der Waals surface area contributed by atoms with Gasteiger partial charge in [-0.3, -0.25) is 0 Å². The third-order valence-electron chi connectivity index (χ3n) is 5.49. The lowest BCUT2D eigenvalue weighted by Gasteiger charge is -2.33. The van der Waals surface area contributed by atoms with Crippen LogP contribution in [0.2, 0.25) is 0 Å². The van der Waals surface area contributed by atoms with Crippen molar-refractivity contribution in [3.8, 4) is 11.8 Å². The van der Waals surface area contributed by atoms with Gasteiger partial charge in [0.2, 0.25) is 0 Å². The molecule has 1 saturated heterocycles. The number of fused-ring (bicyclic) bond motifs is 1. The van der Waals surface area contributed by atoms with E-state index in [1.165, 1.54) is 0 Å². The van der Waals surface area contributed by atoms with Gasteiger partial charge in [0.1, 0.15) is 28.9 Å². The zero-order valence-corrected chi connectivity index (χ0v) is 19.2. The first kappa shape index (κ1) is 22.5. The molecule has 0 atom stereocenters. The van der Waals surface area contributed by atoms with E-state index < -0.39 is 5.60 Å². The summed E-state index contributed by atoms with van der Waals surface area (Å²) in [4.78, 5) is 21.5. The van der Waals surface area contributed by atoms with Gasteiger partial charge in [0.05, 0.1) is 6.61 Å². The maximum atomic E-state index is 12.2. The molecule has 3 aromatic rings. The molecule has 1 amide bonds. The first-order valence-corrected chi connectivity index (χ1v) is 11.2. The maximum absolute atomic E-state index is 12.2. The SMILES string of the molecule is CC(C)(C)OC(=O)N1CCC(COc2cc(C#N)nc(Nc3ccc4cc[nH]c4c3)c2)CC1. The Bertz CT molecular complexity index is 1170. The molecule has 0 bridgehead atoms. The van der Waals surface area contributed by atoms with Crippen molar-refractivity contribution < 1.29 is 14.3 Å². The fourth-order valence-electron chi connectivity index (χ4n) is 3.81. The van der Waals surface area contributed by atoms with Crippen LogP contribution in [-0.2, 0) is 4.74 Å². The molecule has 4 rings (SSSR count). The van der Waals surface area contributed by atoms with Crippen molar-refractivity contribution in [2.45, 2.75) is 39.2 Å². The topological polar surface area (TPSA) is 103 Å². The lowest BCUT2D eigenvalue weighted by atomic mass is 9.98. The number of nitrogens with one attached hydrogen (secondary N) is 2. The number of anilines is 2. The average Bonchev–Trinajstić information content (AvgIpc) is 3.24. The Hall–Kier alpha value is -3.73. The summed E-state index contributed by atoms with van der Waals surface area (Å²) >= 11 is 0. The third kappa shape index (κ3) is 5.95. The molecule has 0 unspecified atom stereocenters. The summed E-state index contributed by atoms with van der Waals surface area (Å²) in [6, 6.07) is 13.5. The highest BCUT2D eigenvalue weighted by Crippen LogP contribution is 2.26. The lowest BCUT2D eigenvalue weighted by Crippen LogP contribution is -2.42. The van der Waals surface area contributed by atoms with Gasteiger partial charge >= 0.3 is 6.09 Å². The van der Waals surface area contributed by atoms with E-state index in [-0.39, 0.29) is 11.8 Å². The Balaban J connectivity index is 1.35. The van der Waals surface area contributed by atoms with Crippen LogP contribution < -0.4 is 10.1 Å². The van der Waals surface area contributed by atoms with Gasteiger partial charge in [-0.25, -0.2) is 9.78 Å². The largest absolute Gasteiger partial charge is 0.493 e. The number of ether oxygens (including phenoxy) is 2. The third-order valence-corrected chi connectivity index (χ3v) is 5.49. The standard InChI is InChI=1S/C25H29N5O3/c1-25(2,3)33-24(31)30-10-7-17(8-11-30)16-32-21-12-20(15-26)29-23(14-21)28-19-5-4-18-6-9-27-22(18)13-19/h4-6,9,12-14,17,27H,7-8,10-11,16H2,1-3H3,(H,28,29). The van der Waals surface area contributed by atoms with E-state index in [9.17, 15) is 10.1 Å². The fourth-order valence-corrected chi connectivity index (χ4v) is 3.81. The molecule has 2 aromatic heterocycles. The molecule has 0 aliphatic carbocycles. The highest BCUT2D eigenvalue weighted by Gasteiger charge is 2.27. The van der Waals surface area contributed by atoms with E-state index >= 15 is 0 Å². The number of carbonyl (C=O) groups is 1. The first-order valence-electron chi connectivity index (χ1n) is 11.2. The van der Waals surface area contributed by atoms with Crippen molar-refractivity contribution in [3.05, 3.63) is 48.3 Å². The molecule has 0 saturated carbocycles. The Morgan fingerprint density at radius 3 is 2.76 bits per heavy atom. The number of carbonyl (C=O) groups excluding carboxylic acids is 1. The number of likely N-dealkylation sites (tertiary alicyclic amines) is 1. The number of rotatable bonds is 5. The normalized spacial score (nSPS) is 14.7. The molecular formula is C25H29N5O3. The van der Waals surface area contributed by atoms with Crippen LogP contribution in [0.4, 0.5) is 16.3 Å². The van der Waals surface area contributed by atoms with Crippen molar-refractivity contribution in [1.82, 2.24) is 14.9 Å². The number of aromatic nitrogens is 2. The van der Waals surface area contributed by atoms with E-state index in [2.05, 4.69) is 21.4 Å². The van der Waals surface area contributed by atoms with Crippen LogP contribution in [0.25, 0.3) is 10.9 Å². The highest BCUT2D eigenvalue weighted by atomic mass is 16.6. The van der Waals surface area contributed by atoms with E-state index in [1.807, 2.05) is 51.2 Å². The van der Waals surface area contributed by atoms with Crippen LogP contribution in [0.5, 0.6) is 5.75 Å². The second-order valence-electron chi connectivity index (χ2n) is 9.31. The number of amides is 1. The predicted octanol–water partition coefficient (Wildman–Crippen LogP) is 5.20. The summed E-state index contributed by atoms with van der Waals surface area (Å²) < 4.78 is 11.5. The number of nitrogens with zero attached hydrogens (tertiary/aromatic N) is 3. The number of pyridine rings is 1. The van der Waals surface area contributed by atoms with Crippen molar-refractivity contribution in [3.63, 3.8) is 0 Å². The monoisotopic (exact) mass is 447 g/mol. The smallest absolute Gasteiger partial charge is 0.410 e. The van der Waals surface area contributed by atoms with E-state index in [1.54, 1.807) is 17.0 Å². The van der Waals surface area contributed by atoms with Gasteiger partial charge in [-0.2, -0.15) is 5.26 Å². The number of hydrogen-bond donors (Lipinski definition) is 2. The van der Waals surface area contributed by atoms with Crippen LogP contribution in [0.1, 0.15) is 39.3 Å². The van der Waals surface area contributed by atoms with Crippen LogP contribution in [0.15, 0.2) is 42.6 Å². The predicted molar refractivity (Wildman–Crippen MR) is 127 cm³/mol. The minimum absolute atomic E-state index is 0.261. The number of aromatic amines is 1. The molecule has 8 nitrogen and oxygen atoms in total. The molecule has 1 aliphatic heterocycles. The number of H-pyrrole nitrogens is 1. The van der Waals surface area contributed by atoms with E-state index in [4.69, 9.17) is 9.47 Å². The molecule has 0 radical (unpaired) electrons. The second kappa shape index (κ2) is 9.41. The molecule has 8 heteroatoms. The zero-order chi connectivity index (χ0) is 23.4. The van der Waals surface area contributed by atoms with Crippen molar-refractivity contribution in [2.75, 3.05) is 25.0 Å². The average molecular weight is 448 g/mol. The van der Waals surface area contributed by atoms with E-state index in [0.717, 1.165) is 29.4 Å². The number of piperidine rings is 1. The quantitative estimate of drug-likeness (QED) is 0.557. The number of benzene rings is 1. The Labute approximate surface area is 193 Å². The van der Waals surface area contributed by atoms with Gasteiger partial charge < -0.3 is 24.7 Å². The van der Waals surface area contributed by atoms with Crippen LogP contribution in [0, 0.1) is 17.2 Å². The van der Waals surface area contributed by atoms with Gasteiger partial charge in [-0.05, 0) is 63.1 Å². The van der Waals surface area contributed by atoms with E-state index in [0.29, 0.717) is 37.2 Å². The summed E-state index contributed by atoms with van der Waals surface area (Å²) in [5.41, 5.74) is 1.69. The molecule has 33 heavy (non-hydrogen) atoms. The molecule has 3 heterocycles. The van der Waals surface area contributed by atoms with Gasteiger partial charge in [0.25, 0.3) is 0 Å². The van der Waals surface area contributed by atoms with Gasteiger partial charge in [-0.15, -0.1) is 0 Å².